The van der Waals surface area contributed by atoms with Gasteiger partial charge in [0.15, 0.2) is 0 Å². The van der Waals surface area contributed by atoms with Crippen molar-refractivity contribution in [1.82, 2.24) is 15.6 Å². The van der Waals surface area contributed by atoms with E-state index in [1.165, 1.54) is 0 Å². The van der Waals surface area contributed by atoms with Crippen LogP contribution in [0.15, 0.2) is 5.38 Å². The van der Waals surface area contributed by atoms with Crippen molar-refractivity contribution in [3.63, 3.8) is 0 Å². The monoisotopic (exact) mass is 285 g/mol. The van der Waals surface area contributed by atoms with Gasteiger partial charge in [0.1, 0.15) is 0 Å². The second-order valence-electron chi connectivity index (χ2n) is 4.49. The third kappa shape index (κ3) is 5.57. The zero-order valence-corrected chi connectivity index (χ0v) is 12.6. The molecular formula is C13H23N3O2S. The van der Waals surface area contributed by atoms with E-state index in [2.05, 4.69) is 22.5 Å². The molecule has 1 rings (SSSR count). The zero-order chi connectivity index (χ0) is 14.3. The summed E-state index contributed by atoms with van der Waals surface area (Å²) in [5, 5.41) is 18.0. The average molecular weight is 285 g/mol. The van der Waals surface area contributed by atoms with Gasteiger partial charge in [0, 0.05) is 11.9 Å². The van der Waals surface area contributed by atoms with Gasteiger partial charge in [-0.2, -0.15) is 0 Å². The first-order valence-electron chi connectivity index (χ1n) is 6.73. The maximum atomic E-state index is 11.6. The van der Waals surface area contributed by atoms with E-state index < -0.39 is 0 Å². The van der Waals surface area contributed by atoms with Crippen molar-refractivity contribution in [2.45, 2.75) is 52.2 Å². The van der Waals surface area contributed by atoms with E-state index in [1.807, 2.05) is 19.2 Å². The Labute approximate surface area is 118 Å². The number of nitrogens with one attached hydrogen (secondary N) is 2. The molecule has 6 heteroatoms. The van der Waals surface area contributed by atoms with Gasteiger partial charge in [-0.1, -0.05) is 13.8 Å². The molecule has 1 heterocycles. The van der Waals surface area contributed by atoms with Crippen molar-refractivity contribution in [1.29, 1.82) is 0 Å². The summed E-state index contributed by atoms with van der Waals surface area (Å²) in [5.74, 6) is 0. The summed E-state index contributed by atoms with van der Waals surface area (Å²) in [6.45, 7) is 6.37. The smallest absolute Gasteiger partial charge is 0.315 e. The Kier molecular flexibility index (Phi) is 6.80. The highest BCUT2D eigenvalue weighted by Crippen LogP contribution is 2.16. The molecule has 2 unspecified atom stereocenters. The Morgan fingerprint density at radius 3 is 2.84 bits per heavy atom. The Balaban J connectivity index is 2.31. The van der Waals surface area contributed by atoms with Gasteiger partial charge in [-0.3, -0.25) is 0 Å². The SMILES string of the molecule is CCc1nc(C(C)NC(=O)NCCC(O)CC)cs1. The summed E-state index contributed by atoms with van der Waals surface area (Å²) in [6.07, 6.45) is 1.86. The lowest BCUT2D eigenvalue weighted by Gasteiger charge is -2.13. The largest absolute Gasteiger partial charge is 0.393 e. The second-order valence-corrected chi connectivity index (χ2v) is 5.43. The highest BCUT2D eigenvalue weighted by atomic mass is 32.1. The maximum Gasteiger partial charge on any atom is 0.315 e. The number of aliphatic hydroxyl groups is 1. The molecule has 0 bridgehead atoms. The first kappa shape index (κ1) is 15.9. The normalized spacial score (nSPS) is 13.9. The number of urea groups is 1. The van der Waals surface area contributed by atoms with Crippen LogP contribution in [0.25, 0.3) is 0 Å². The van der Waals surface area contributed by atoms with Crippen LogP contribution in [0.3, 0.4) is 0 Å². The number of aromatic nitrogens is 1. The third-order valence-corrected chi connectivity index (χ3v) is 3.91. The molecule has 2 atom stereocenters. The number of carbonyl (C=O) groups is 1. The van der Waals surface area contributed by atoms with Crippen LogP contribution in [0.5, 0.6) is 0 Å². The highest BCUT2D eigenvalue weighted by molar-refractivity contribution is 7.09. The molecule has 108 valence electrons. The second kappa shape index (κ2) is 8.12. The van der Waals surface area contributed by atoms with Crippen LogP contribution in [0, 0.1) is 0 Å². The number of nitrogens with zero attached hydrogens (tertiary/aromatic N) is 1. The standard InChI is InChI=1S/C13H23N3O2S/c1-4-10(17)6-7-14-13(18)15-9(3)11-8-19-12(5-2)16-11/h8-10,17H,4-7H2,1-3H3,(H2,14,15,18). The number of thiazole rings is 1. The van der Waals surface area contributed by atoms with E-state index in [4.69, 9.17) is 0 Å². The Morgan fingerprint density at radius 1 is 1.53 bits per heavy atom. The van der Waals surface area contributed by atoms with Crippen molar-refractivity contribution in [2.24, 2.45) is 0 Å². The number of hydrogen-bond donors (Lipinski definition) is 3. The lowest BCUT2D eigenvalue weighted by atomic mass is 10.2. The molecule has 3 N–H and O–H groups in total. The van der Waals surface area contributed by atoms with Gasteiger partial charge in [-0.05, 0) is 26.2 Å². The number of aryl methyl sites for hydroxylation is 1. The minimum atomic E-state index is -0.344. The van der Waals surface area contributed by atoms with E-state index in [0.29, 0.717) is 19.4 Å². The molecular weight excluding hydrogens is 262 g/mol. The minimum absolute atomic E-state index is 0.104. The molecule has 19 heavy (non-hydrogen) atoms. The molecule has 0 aliphatic carbocycles. The fourth-order valence-corrected chi connectivity index (χ4v) is 2.40. The van der Waals surface area contributed by atoms with Crippen LogP contribution in [-0.2, 0) is 6.42 Å². The van der Waals surface area contributed by atoms with Crippen molar-refractivity contribution in [3.8, 4) is 0 Å². The number of rotatable bonds is 7. The van der Waals surface area contributed by atoms with Gasteiger partial charge >= 0.3 is 6.03 Å². The van der Waals surface area contributed by atoms with Crippen LogP contribution in [-0.4, -0.2) is 28.8 Å². The van der Waals surface area contributed by atoms with Gasteiger partial charge < -0.3 is 15.7 Å². The van der Waals surface area contributed by atoms with Crippen LogP contribution in [0.1, 0.15) is 50.4 Å². The van der Waals surface area contributed by atoms with Crippen molar-refractivity contribution >= 4 is 17.4 Å². The van der Waals surface area contributed by atoms with Crippen LogP contribution in [0.4, 0.5) is 4.79 Å². The summed E-state index contributed by atoms with van der Waals surface area (Å²) < 4.78 is 0. The molecule has 5 nitrogen and oxygen atoms in total. The predicted octanol–water partition coefficient (Wildman–Crippen LogP) is 2.23. The van der Waals surface area contributed by atoms with Gasteiger partial charge in [-0.25, -0.2) is 9.78 Å². The molecule has 0 fully saturated rings. The Bertz CT molecular complexity index is 395. The lowest BCUT2D eigenvalue weighted by molar-refractivity contribution is 0.160. The number of hydrogen-bond acceptors (Lipinski definition) is 4. The molecule has 0 saturated carbocycles. The molecule has 0 aliphatic rings. The highest BCUT2D eigenvalue weighted by Gasteiger charge is 2.12. The van der Waals surface area contributed by atoms with Crippen molar-refractivity contribution in [2.75, 3.05) is 6.54 Å². The molecule has 0 saturated heterocycles. The number of aliphatic hydroxyl groups excluding tert-OH is 1. The molecule has 0 aliphatic heterocycles. The zero-order valence-electron chi connectivity index (χ0n) is 11.8. The van der Waals surface area contributed by atoms with E-state index in [9.17, 15) is 9.90 Å². The lowest BCUT2D eigenvalue weighted by Crippen LogP contribution is -2.38. The van der Waals surface area contributed by atoms with Gasteiger partial charge in [-0.15, -0.1) is 11.3 Å². The van der Waals surface area contributed by atoms with Crippen LogP contribution < -0.4 is 10.6 Å². The Morgan fingerprint density at radius 2 is 2.26 bits per heavy atom. The van der Waals surface area contributed by atoms with E-state index >= 15 is 0 Å². The van der Waals surface area contributed by atoms with Gasteiger partial charge in [0.2, 0.25) is 0 Å². The molecule has 0 radical (unpaired) electrons. The average Bonchev–Trinajstić information content (AvgIpc) is 2.87. The fourth-order valence-electron chi connectivity index (χ4n) is 1.56. The summed E-state index contributed by atoms with van der Waals surface area (Å²) in [7, 11) is 0. The van der Waals surface area contributed by atoms with Crippen LogP contribution >= 0.6 is 11.3 Å². The van der Waals surface area contributed by atoms with Gasteiger partial charge in [0.05, 0.1) is 22.8 Å². The van der Waals surface area contributed by atoms with Crippen molar-refractivity contribution < 1.29 is 9.90 Å². The fraction of sp³-hybridized carbons (Fsp3) is 0.692. The van der Waals surface area contributed by atoms with Gasteiger partial charge in [0.25, 0.3) is 0 Å². The molecule has 1 aromatic heterocycles. The topological polar surface area (TPSA) is 74.2 Å². The maximum absolute atomic E-state index is 11.6. The molecule has 0 spiro atoms. The van der Waals surface area contributed by atoms with E-state index in [1.54, 1.807) is 11.3 Å². The van der Waals surface area contributed by atoms with Crippen molar-refractivity contribution in [3.05, 3.63) is 16.1 Å². The first-order valence-corrected chi connectivity index (χ1v) is 7.61. The summed E-state index contributed by atoms with van der Waals surface area (Å²) >= 11 is 1.61. The third-order valence-electron chi connectivity index (χ3n) is 2.90. The molecule has 0 aromatic carbocycles. The predicted molar refractivity (Wildman–Crippen MR) is 77.4 cm³/mol. The number of carbonyl (C=O) groups excluding carboxylic acids is 1. The first-order chi connectivity index (χ1) is 9.06. The van der Waals surface area contributed by atoms with E-state index in [-0.39, 0.29) is 18.2 Å². The summed E-state index contributed by atoms with van der Waals surface area (Å²) in [4.78, 5) is 16.1. The quantitative estimate of drug-likeness (QED) is 0.719. The van der Waals surface area contributed by atoms with Crippen LogP contribution in [0.2, 0.25) is 0 Å². The summed E-state index contributed by atoms with van der Waals surface area (Å²) in [5.41, 5.74) is 0.894. The Hall–Kier alpha value is -1.14. The summed E-state index contributed by atoms with van der Waals surface area (Å²) in [6, 6.07) is -0.325. The van der Waals surface area contributed by atoms with E-state index in [0.717, 1.165) is 17.1 Å². The molecule has 1 aromatic rings. The minimum Gasteiger partial charge on any atom is -0.393 e. The molecule has 2 amide bonds. The number of amides is 2.